The van der Waals surface area contributed by atoms with E-state index in [1.807, 2.05) is 24.5 Å². The number of nitrogens with zero attached hydrogens (tertiary/aromatic N) is 5. The molecule has 5 rings (SSSR count). The predicted octanol–water partition coefficient (Wildman–Crippen LogP) is 4.20. The number of piperidine rings is 1. The lowest BCUT2D eigenvalue weighted by molar-refractivity contribution is 0.519. The Bertz CT molecular complexity index is 1390. The first-order valence-corrected chi connectivity index (χ1v) is 14.0. The van der Waals surface area contributed by atoms with Gasteiger partial charge >= 0.3 is 0 Å². The van der Waals surface area contributed by atoms with Crippen molar-refractivity contribution in [2.24, 2.45) is 0 Å². The van der Waals surface area contributed by atoms with Gasteiger partial charge in [0, 0.05) is 48.7 Å². The summed E-state index contributed by atoms with van der Waals surface area (Å²) in [6.07, 6.45) is 9.50. The van der Waals surface area contributed by atoms with E-state index in [2.05, 4.69) is 42.5 Å². The van der Waals surface area contributed by atoms with Gasteiger partial charge in [-0.25, -0.2) is 28.4 Å². The first kappa shape index (κ1) is 22.7. The molecule has 34 heavy (non-hydrogen) atoms. The molecular formula is C24H26N6O2S2. The van der Waals surface area contributed by atoms with Crippen molar-refractivity contribution < 1.29 is 8.42 Å². The summed E-state index contributed by atoms with van der Waals surface area (Å²) in [4.78, 5) is 20.6. The fourth-order valence-corrected chi connectivity index (χ4v) is 5.76. The Morgan fingerprint density at radius 3 is 2.41 bits per heavy atom. The van der Waals surface area contributed by atoms with Crippen LogP contribution in [0.4, 0.5) is 11.8 Å². The Labute approximate surface area is 203 Å². The van der Waals surface area contributed by atoms with Crippen LogP contribution in [0.15, 0.2) is 53.3 Å². The highest BCUT2D eigenvalue weighted by Crippen LogP contribution is 2.36. The van der Waals surface area contributed by atoms with Crippen molar-refractivity contribution in [3.05, 3.63) is 53.9 Å². The number of rotatable bonds is 6. The van der Waals surface area contributed by atoms with E-state index >= 15 is 0 Å². The molecule has 4 aromatic rings. The first-order chi connectivity index (χ1) is 16.4. The molecular weight excluding hydrogens is 468 g/mol. The molecule has 1 aliphatic rings. The molecule has 0 bridgehead atoms. The minimum Gasteiger partial charge on any atom is -0.366 e. The van der Waals surface area contributed by atoms with Crippen LogP contribution in [0.1, 0.15) is 25.3 Å². The molecule has 8 nitrogen and oxygen atoms in total. The van der Waals surface area contributed by atoms with Gasteiger partial charge in [0.25, 0.3) is 0 Å². The van der Waals surface area contributed by atoms with E-state index in [0.29, 0.717) is 10.9 Å². The largest absolute Gasteiger partial charge is 0.366 e. The Morgan fingerprint density at radius 1 is 1.06 bits per heavy atom. The molecule has 1 aliphatic heterocycles. The van der Waals surface area contributed by atoms with Gasteiger partial charge in [0.1, 0.15) is 12.1 Å². The van der Waals surface area contributed by atoms with Gasteiger partial charge in [-0.3, -0.25) is 0 Å². The van der Waals surface area contributed by atoms with Gasteiger partial charge in [0.2, 0.25) is 5.95 Å². The summed E-state index contributed by atoms with van der Waals surface area (Å²) in [5.74, 6) is 1.64. The van der Waals surface area contributed by atoms with Gasteiger partial charge in [-0.1, -0.05) is 19.1 Å². The highest BCUT2D eigenvalue weighted by atomic mass is 32.2. The zero-order valence-electron chi connectivity index (χ0n) is 19.1. The molecule has 3 aromatic heterocycles. The SMILES string of the molecule is CCc1cnc(N2CCC(Nc3ncnc4c(-c5ccc(S(C)(=O)=O)cc5)csc34)CC2)nc1. The summed E-state index contributed by atoms with van der Waals surface area (Å²) in [6, 6.07) is 7.25. The molecule has 1 saturated heterocycles. The molecule has 0 saturated carbocycles. The number of thiophene rings is 1. The fraction of sp³-hybridized carbons (Fsp3) is 0.333. The van der Waals surface area contributed by atoms with Crippen molar-refractivity contribution in [3.8, 4) is 11.1 Å². The van der Waals surface area contributed by atoms with E-state index in [0.717, 1.165) is 71.0 Å². The van der Waals surface area contributed by atoms with Crippen LogP contribution < -0.4 is 10.2 Å². The fourth-order valence-electron chi connectivity index (χ4n) is 4.15. The third kappa shape index (κ3) is 4.60. The second kappa shape index (κ2) is 9.27. The smallest absolute Gasteiger partial charge is 0.225 e. The van der Waals surface area contributed by atoms with Gasteiger partial charge in [-0.15, -0.1) is 11.3 Å². The number of nitrogens with one attached hydrogen (secondary N) is 1. The van der Waals surface area contributed by atoms with Crippen molar-refractivity contribution >= 4 is 43.2 Å². The van der Waals surface area contributed by atoms with Crippen molar-refractivity contribution in [2.45, 2.75) is 37.1 Å². The maximum Gasteiger partial charge on any atom is 0.225 e. The molecule has 0 spiro atoms. The van der Waals surface area contributed by atoms with Gasteiger partial charge in [-0.2, -0.15) is 0 Å². The number of benzene rings is 1. The van der Waals surface area contributed by atoms with Gasteiger partial charge in [0.15, 0.2) is 9.84 Å². The molecule has 0 radical (unpaired) electrons. The maximum atomic E-state index is 11.8. The average Bonchev–Trinajstić information content (AvgIpc) is 3.29. The van der Waals surface area contributed by atoms with E-state index in [4.69, 9.17) is 0 Å². The molecule has 0 amide bonds. The van der Waals surface area contributed by atoms with Gasteiger partial charge < -0.3 is 10.2 Å². The van der Waals surface area contributed by atoms with Crippen LogP contribution in [0.25, 0.3) is 21.3 Å². The predicted molar refractivity (Wildman–Crippen MR) is 136 cm³/mol. The zero-order valence-corrected chi connectivity index (χ0v) is 20.7. The molecule has 1 fully saturated rings. The lowest BCUT2D eigenvalue weighted by Crippen LogP contribution is -2.40. The lowest BCUT2D eigenvalue weighted by atomic mass is 10.1. The number of fused-ring (bicyclic) bond motifs is 1. The summed E-state index contributed by atoms with van der Waals surface area (Å²) in [5, 5.41) is 5.68. The van der Waals surface area contributed by atoms with Crippen molar-refractivity contribution in [2.75, 3.05) is 29.6 Å². The van der Waals surface area contributed by atoms with Crippen LogP contribution in [0, 0.1) is 0 Å². The van der Waals surface area contributed by atoms with Gasteiger partial charge in [-0.05, 0) is 42.5 Å². The number of hydrogen-bond donors (Lipinski definition) is 1. The van der Waals surface area contributed by atoms with Crippen LogP contribution in [-0.2, 0) is 16.3 Å². The van der Waals surface area contributed by atoms with Crippen molar-refractivity contribution in [1.82, 2.24) is 19.9 Å². The van der Waals surface area contributed by atoms with Crippen LogP contribution in [-0.4, -0.2) is 53.7 Å². The Kier molecular flexibility index (Phi) is 6.18. The highest BCUT2D eigenvalue weighted by Gasteiger charge is 2.22. The Morgan fingerprint density at radius 2 is 1.76 bits per heavy atom. The number of hydrogen-bond acceptors (Lipinski definition) is 9. The van der Waals surface area contributed by atoms with E-state index in [1.165, 1.54) is 6.26 Å². The highest BCUT2D eigenvalue weighted by molar-refractivity contribution is 7.90. The quantitative estimate of drug-likeness (QED) is 0.426. The van der Waals surface area contributed by atoms with Crippen molar-refractivity contribution in [3.63, 3.8) is 0 Å². The summed E-state index contributed by atoms with van der Waals surface area (Å²) >= 11 is 1.60. The van der Waals surface area contributed by atoms with Crippen LogP contribution in [0.5, 0.6) is 0 Å². The molecule has 1 N–H and O–H groups in total. The Hall–Kier alpha value is -3.11. The number of aromatic nitrogens is 4. The summed E-state index contributed by atoms with van der Waals surface area (Å²) in [6.45, 7) is 3.88. The van der Waals surface area contributed by atoms with E-state index in [-0.39, 0.29) is 0 Å². The second-order valence-electron chi connectivity index (χ2n) is 8.50. The third-order valence-electron chi connectivity index (χ3n) is 6.17. The van der Waals surface area contributed by atoms with E-state index < -0.39 is 9.84 Å². The summed E-state index contributed by atoms with van der Waals surface area (Å²) < 4.78 is 24.5. The maximum absolute atomic E-state index is 11.8. The monoisotopic (exact) mass is 494 g/mol. The minimum atomic E-state index is -3.22. The standard InChI is InChI=1S/C24H26N6O2S2/c1-3-16-12-25-24(26-13-16)30-10-8-18(9-11-30)29-23-22-21(27-15-28-23)20(14-33-22)17-4-6-19(7-5-17)34(2,31)32/h4-7,12-15,18H,3,8-11H2,1-2H3,(H,27,28,29). The van der Waals surface area contributed by atoms with Crippen LogP contribution in [0.3, 0.4) is 0 Å². The molecule has 10 heteroatoms. The molecule has 0 atom stereocenters. The van der Waals surface area contributed by atoms with E-state index in [9.17, 15) is 8.42 Å². The molecule has 1 aromatic carbocycles. The number of anilines is 2. The average molecular weight is 495 g/mol. The molecule has 4 heterocycles. The summed E-state index contributed by atoms with van der Waals surface area (Å²) in [7, 11) is -3.22. The second-order valence-corrected chi connectivity index (χ2v) is 11.4. The third-order valence-corrected chi connectivity index (χ3v) is 8.27. The summed E-state index contributed by atoms with van der Waals surface area (Å²) in [5.41, 5.74) is 3.94. The lowest BCUT2D eigenvalue weighted by Gasteiger charge is -2.32. The Balaban J connectivity index is 1.30. The number of sulfone groups is 1. The molecule has 0 unspecified atom stereocenters. The number of aryl methyl sites for hydroxylation is 1. The topological polar surface area (TPSA) is 101 Å². The van der Waals surface area contributed by atoms with Crippen LogP contribution in [0.2, 0.25) is 0 Å². The normalized spacial score (nSPS) is 15.1. The van der Waals surface area contributed by atoms with E-state index in [1.54, 1.807) is 29.8 Å². The van der Waals surface area contributed by atoms with Crippen molar-refractivity contribution in [1.29, 1.82) is 0 Å². The molecule has 0 aliphatic carbocycles. The zero-order chi connectivity index (χ0) is 23.7. The van der Waals surface area contributed by atoms with Gasteiger partial charge in [0.05, 0.1) is 15.1 Å². The van der Waals surface area contributed by atoms with Crippen LogP contribution >= 0.6 is 11.3 Å². The first-order valence-electron chi connectivity index (χ1n) is 11.3. The minimum absolute atomic E-state index is 0.309. The molecule has 176 valence electrons.